The second-order valence-electron chi connectivity index (χ2n) is 3.75. The third-order valence-corrected chi connectivity index (χ3v) is 2.27. The first-order chi connectivity index (χ1) is 9.79. The second kappa shape index (κ2) is 6.96. The topological polar surface area (TPSA) is 117 Å². The van der Waals surface area contributed by atoms with Crippen LogP contribution in [0.25, 0.3) is 0 Å². The highest BCUT2D eigenvalue weighted by Crippen LogP contribution is 2.02. The van der Waals surface area contributed by atoms with Crippen LogP contribution in [-0.2, 0) is 6.54 Å². The van der Waals surface area contributed by atoms with Crippen LogP contribution in [0.1, 0.15) is 28.2 Å². The lowest BCUT2D eigenvalue weighted by Gasteiger charge is -2.02. The van der Waals surface area contributed by atoms with Crippen molar-refractivity contribution in [3.05, 3.63) is 35.4 Å². The van der Waals surface area contributed by atoms with E-state index in [2.05, 4.69) is 42.8 Å². The summed E-state index contributed by atoms with van der Waals surface area (Å²) in [6.07, 6.45) is 3.39. The predicted octanol–water partition coefficient (Wildman–Crippen LogP) is -0.741. The number of carbonyl (C=O) groups is 1. The lowest BCUT2D eigenvalue weighted by Crippen LogP contribution is -2.23. The number of aromatic amines is 1. The minimum Gasteiger partial charge on any atom is -0.395 e. The molecule has 0 saturated carbocycles. The van der Waals surface area contributed by atoms with Crippen molar-refractivity contribution in [2.24, 2.45) is 0 Å². The van der Waals surface area contributed by atoms with Gasteiger partial charge in [0.05, 0.1) is 18.7 Å². The maximum Gasteiger partial charge on any atom is 0.253 e. The lowest BCUT2D eigenvalue weighted by atomic mass is 10.2. The molecule has 0 fully saturated rings. The normalized spacial score (nSPS) is 9.65. The summed E-state index contributed by atoms with van der Waals surface area (Å²) in [6, 6.07) is 1.63. The molecule has 0 saturated heterocycles. The summed E-state index contributed by atoms with van der Waals surface area (Å²) in [5, 5.41) is 24.4. The number of nitrogens with one attached hydrogen (secondary N) is 2. The number of hydrogen-bond donors (Lipinski definition) is 3. The number of H-pyrrole nitrogens is 1. The van der Waals surface area contributed by atoms with Crippen molar-refractivity contribution in [1.82, 2.24) is 30.9 Å². The quantitative estimate of drug-likeness (QED) is 0.631. The molecule has 0 aliphatic rings. The largest absolute Gasteiger partial charge is 0.395 e. The van der Waals surface area contributed by atoms with Gasteiger partial charge in [0.1, 0.15) is 0 Å². The van der Waals surface area contributed by atoms with Crippen LogP contribution in [0, 0.1) is 11.8 Å². The van der Waals surface area contributed by atoms with Crippen molar-refractivity contribution in [1.29, 1.82) is 0 Å². The Labute approximate surface area is 114 Å². The molecule has 2 rings (SSSR count). The smallest absolute Gasteiger partial charge is 0.253 e. The van der Waals surface area contributed by atoms with Crippen LogP contribution in [0.2, 0.25) is 0 Å². The molecule has 20 heavy (non-hydrogen) atoms. The molecule has 2 aromatic heterocycles. The highest BCUT2D eigenvalue weighted by atomic mass is 16.2. The van der Waals surface area contributed by atoms with Gasteiger partial charge in [-0.15, -0.1) is 10.2 Å². The third-order valence-electron chi connectivity index (χ3n) is 2.27. The van der Waals surface area contributed by atoms with Crippen LogP contribution < -0.4 is 5.32 Å². The fourth-order valence-corrected chi connectivity index (χ4v) is 1.37. The van der Waals surface area contributed by atoms with Crippen molar-refractivity contribution < 1.29 is 9.90 Å². The second-order valence-corrected chi connectivity index (χ2v) is 3.75. The monoisotopic (exact) mass is 272 g/mol. The molecule has 0 aromatic carbocycles. The van der Waals surface area contributed by atoms with E-state index in [0.717, 1.165) is 0 Å². The summed E-state index contributed by atoms with van der Waals surface area (Å²) in [5.74, 6) is 5.68. The minimum atomic E-state index is -0.298. The lowest BCUT2D eigenvalue weighted by molar-refractivity contribution is 0.0949. The molecule has 0 spiro atoms. The van der Waals surface area contributed by atoms with Crippen molar-refractivity contribution in [3.63, 3.8) is 0 Å². The Hall–Kier alpha value is -2.79. The molecule has 2 heterocycles. The van der Waals surface area contributed by atoms with Crippen LogP contribution in [-0.4, -0.2) is 43.2 Å². The Bertz CT molecular complexity index is 629. The van der Waals surface area contributed by atoms with Crippen LogP contribution in [0.4, 0.5) is 0 Å². The number of hydrogen-bond acceptors (Lipinski definition) is 6. The van der Waals surface area contributed by atoms with E-state index < -0.39 is 0 Å². The molecule has 102 valence electrons. The maximum absolute atomic E-state index is 11.9. The van der Waals surface area contributed by atoms with Crippen LogP contribution in [0.3, 0.4) is 0 Å². The van der Waals surface area contributed by atoms with Crippen molar-refractivity contribution in [2.75, 3.05) is 6.61 Å². The number of pyridine rings is 1. The molecular weight excluding hydrogens is 260 g/mol. The van der Waals surface area contributed by atoms with Crippen molar-refractivity contribution in [3.8, 4) is 11.8 Å². The first kappa shape index (κ1) is 13.6. The minimum absolute atomic E-state index is 0.00526. The van der Waals surface area contributed by atoms with Gasteiger partial charge < -0.3 is 10.4 Å². The molecule has 2 aromatic rings. The SMILES string of the molecule is O=C(NCc1nn[nH]n1)c1cncc(C#CCCO)c1. The van der Waals surface area contributed by atoms with E-state index in [0.29, 0.717) is 23.4 Å². The fraction of sp³-hybridized carbons (Fsp3) is 0.250. The standard InChI is InChI=1S/C12H12N6O2/c19-4-2-1-3-9-5-10(7-13-6-9)12(20)14-8-11-15-17-18-16-11/h5-7,19H,2,4,8H2,(H,14,20)(H,15,16,17,18). The summed E-state index contributed by atoms with van der Waals surface area (Å²) >= 11 is 0. The van der Waals surface area contributed by atoms with E-state index >= 15 is 0 Å². The van der Waals surface area contributed by atoms with Gasteiger partial charge >= 0.3 is 0 Å². The number of aliphatic hydroxyl groups excluding tert-OH is 1. The molecule has 8 heteroatoms. The van der Waals surface area contributed by atoms with Gasteiger partial charge in [-0.3, -0.25) is 9.78 Å². The highest BCUT2D eigenvalue weighted by Gasteiger charge is 2.07. The summed E-state index contributed by atoms with van der Waals surface area (Å²) in [5.41, 5.74) is 1.01. The van der Waals surface area contributed by atoms with Gasteiger partial charge in [-0.1, -0.05) is 17.1 Å². The molecule has 0 aliphatic heterocycles. The Kier molecular flexibility index (Phi) is 4.75. The van der Waals surface area contributed by atoms with Crippen molar-refractivity contribution >= 4 is 5.91 Å². The Morgan fingerprint density at radius 1 is 1.45 bits per heavy atom. The van der Waals surface area contributed by atoms with Crippen LogP contribution >= 0.6 is 0 Å². The first-order valence-electron chi connectivity index (χ1n) is 5.85. The molecule has 0 radical (unpaired) electrons. The van der Waals surface area contributed by atoms with Crippen LogP contribution in [0.15, 0.2) is 18.5 Å². The number of aromatic nitrogens is 5. The molecular formula is C12H12N6O2. The summed E-state index contributed by atoms with van der Waals surface area (Å²) in [7, 11) is 0. The van der Waals surface area contributed by atoms with E-state index in [1.165, 1.54) is 6.20 Å². The number of nitrogens with zero attached hydrogens (tertiary/aromatic N) is 4. The number of rotatable bonds is 4. The van der Waals surface area contributed by atoms with E-state index in [4.69, 9.17) is 5.11 Å². The van der Waals surface area contributed by atoms with Crippen molar-refractivity contribution in [2.45, 2.75) is 13.0 Å². The number of aliphatic hydroxyl groups is 1. The van der Waals surface area contributed by atoms with Gasteiger partial charge in [-0.25, -0.2) is 0 Å². The number of amides is 1. The average Bonchev–Trinajstić information content (AvgIpc) is 2.99. The maximum atomic E-state index is 11.9. The summed E-state index contributed by atoms with van der Waals surface area (Å²) in [6.45, 7) is 0.182. The molecule has 3 N–H and O–H groups in total. The zero-order valence-electron chi connectivity index (χ0n) is 10.5. The Balaban J connectivity index is 1.99. The van der Waals surface area contributed by atoms with Gasteiger partial charge in [-0.05, 0) is 6.07 Å². The molecule has 0 bridgehead atoms. The number of carbonyl (C=O) groups excluding carboxylic acids is 1. The van der Waals surface area contributed by atoms with Crippen LogP contribution in [0.5, 0.6) is 0 Å². The number of tetrazole rings is 1. The van der Waals surface area contributed by atoms with Gasteiger partial charge in [-0.2, -0.15) is 5.21 Å². The average molecular weight is 272 g/mol. The summed E-state index contributed by atoms with van der Waals surface area (Å²) in [4.78, 5) is 15.9. The molecule has 0 unspecified atom stereocenters. The zero-order chi connectivity index (χ0) is 14.2. The summed E-state index contributed by atoms with van der Waals surface area (Å²) < 4.78 is 0. The van der Waals surface area contributed by atoms with E-state index in [1.807, 2.05) is 0 Å². The predicted molar refractivity (Wildman–Crippen MR) is 68.2 cm³/mol. The molecule has 0 atom stereocenters. The highest BCUT2D eigenvalue weighted by molar-refractivity contribution is 5.94. The third kappa shape index (κ3) is 3.86. The van der Waals surface area contributed by atoms with Gasteiger partial charge in [0.25, 0.3) is 5.91 Å². The first-order valence-corrected chi connectivity index (χ1v) is 5.85. The van der Waals surface area contributed by atoms with Gasteiger partial charge in [0, 0.05) is 24.4 Å². The zero-order valence-corrected chi connectivity index (χ0v) is 10.5. The van der Waals surface area contributed by atoms with E-state index in [9.17, 15) is 4.79 Å². The van der Waals surface area contributed by atoms with Gasteiger partial charge in [0.2, 0.25) is 0 Å². The van der Waals surface area contributed by atoms with E-state index in [-0.39, 0.29) is 19.1 Å². The van der Waals surface area contributed by atoms with E-state index in [1.54, 1.807) is 12.3 Å². The fourth-order valence-electron chi connectivity index (χ4n) is 1.37. The Morgan fingerprint density at radius 3 is 3.10 bits per heavy atom. The Morgan fingerprint density at radius 2 is 2.35 bits per heavy atom. The molecule has 0 aliphatic carbocycles. The van der Waals surface area contributed by atoms with Gasteiger partial charge in [0.15, 0.2) is 5.82 Å². The molecule has 1 amide bonds. The molecule has 8 nitrogen and oxygen atoms in total.